The molecule has 0 saturated heterocycles. The summed E-state index contributed by atoms with van der Waals surface area (Å²) in [6.07, 6.45) is 1.53. The van der Waals surface area contributed by atoms with Crippen molar-refractivity contribution in [2.45, 2.75) is 6.92 Å². The van der Waals surface area contributed by atoms with Crippen molar-refractivity contribution in [3.05, 3.63) is 59.8 Å². The largest absolute Gasteiger partial charge is 0.477 e. The summed E-state index contributed by atoms with van der Waals surface area (Å²) < 4.78 is 5.26. The number of hydrogen-bond acceptors (Lipinski definition) is 4. The van der Waals surface area contributed by atoms with Crippen LogP contribution in [-0.4, -0.2) is 23.4 Å². The Balaban J connectivity index is 2.01. The molecule has 0 spiro atoms. The Kier molecular flexibility index (Phi) is 4.87. The Labute approximate surface area is 122 Å². The maximum atomic E-state index is 12.0. The predicted octanol–water partition coefficient (Wildman–Crippen LogP) is 1.56. The summed E-state index contributed by atoms with van der Waals surface area (Å²) in [5.41, 5.74) is 5.39. The number of hydrogen-bond donors (Lipinski definition) is 2. The van der Waals surface area contributed by atoms with Gasteiger partial charge in [-0.05, 0) is 31.2 Å². The summed E-state index contributed by atoms with van der Waals surface area (Å²) in [5.74, 6) is -0.659. The van der Waals surface area contributed by atoms with Gasteiger partial charge in [-0.15, -0.1) is 0 Å². The van der Waals surface area contributed by atoms with Crippen LogP contribution in [-0.2, 0) is 0 Å². The van der Waals surface area contributed by atoms with Crippen LogP contribution in [0.4, 0.5) is 0 Å². The molecule has 1 aromatic heterocycles. The fourth-order valence-electron chi connectivity index (χ4n) is 1.66. The zero-order chi connectivity index (χ0) is 15.1. The van der Waals surface area contributed by atoms with Crippen molar-refractivity contribution in [3.8, 4) is 5.88 Å². The van der Waals surface area contributed by atoms with Gasteiger partial charge in [0.25, 0.3) is 11.8 Å². The number of carbonyl (C=O) groups excluding carboxylic acids is 2. The Morgan fingerprint density at radius 1 is 1.05 bits per heavy atom. The average molecular weight is 285 g/mol. The number of ether oxygens (including phenoxy) is 1. The summed E-state index contributed by atoms with van der Waals surface area (Å²) in [5, 5.41) is 0. The second-order valence-electron chi connectivity index (χ2n) is 4.06. The number of hydrazine groups is 1. The average Bonchev–Trinajstić information content (AvgIpc) is 2.54. The molecule has 0 radical (unpaired) electrons. The van der Waals surface area contributed by atoms with Crippen LogP contribution in [0, 0.1) is 0 Å². The van der Waals surface area contributed by atoms with Gasteiger partial charge in [0.2, 0.25) is 5.88 Å². The first kappa shape index (κ1) is 14.5. The van der Waals surface area contributed by atoms with E-state index >= 15 is 0 Å². The number of rotatable bonds is 4. The molecule has 1 heterocycles. The standard InChI is InChI=1S/C15H15N3O3/c1-2-21-15-12(9-6-10-16-15)14(20)18-17-13(19)11-7-4-3-5-8-11/h3-10H,2H2,1H3,(H,17,19)(H,18,20). The van der Waals surface area contributed by atoms with Crippen molar-refractivity contribution in [3.63, 3.8) is 0 Å². The molecule has 0 aliphatic carbocycles. The number of nitrogens with one attached hydrogen (secondary N) is 2. The van der Waals surface area contributed by atoms with Crippen LogP contribution in [0.15, 0.2) is 48.7 Å². The molecule has 6 nitrogen and oxygen atoms in total. The minimum absolute atomic E-state index is 0.228. The van der Waals surface area contributed by atoms with Gasteiger partial charge in [-0.3, -0.25) is 20.4 Å². The molecule has 6 heteroatoms. The Bertz CT molecular complexity index is 629. The van der Waals surface area contributed by atoms with Gasteiger partial charge in [-0.25, -0.2) is 4.98 Å². The number of carbonyl (C=O) groups is 2. The molecule has 1 aromatic carbocycles. The van der Waals surface area contributed by atoms with Crippen LogP contribution in [0.1, 0.15) is 27.6 Å². The quantitative estimate of drug-likeness (QED) is 0.835. The van der Waals surface area contributed by atoms with Crippen LogP contribution in [0.25, 0.3) is 0 Å². The predicted molar refractivity (Wildman–Crippen MR) is 76.8 cm³/mol. The maximum absolute atomic E-state index is 12.0. The molecule has 0 bridgehead atoms. The molecular formula is C15H15N3O3. The number of pyridine rings is 1. The van der Waals surface area contributed by atoms with E-state index in [1.54, 1.807) is 49.4 Å². The van der Waals surface area contributed by atoms with Crippen LogP contribution < -0.4 is 15.6 Å². The van der Waals surface area contributed by atoms with Crippen LogP contribution in [0.2, 0.25) is 0 Å². The lowest BCUT2D eigenvalue weighted by molar-refractivity contribution is 0.0844. The Morgan fingerprint density at radius 2 is 1.76 bits per heavy atom. The first-order chi connectivity index (χ1) is 10.2. The highest BCUT2D eigenvalue weighted by Crippen LogP contribution is 2.13. The lowest BCUT2D eigenvalue weighted by atomic mass is 10.2. The van der Waals surface area contributed by atoms with Crippen LogP contribution >= 0.6 is 0 Å². The molecule has 108 valence electrons. The molecule has 2 aromatic rings. The molecule has 0 unspecified atom stereocenters. The molecule has 0 fully saturated rings. The summed E-state index contributed by atoms with van der Waals surface area (Å²) in [7, 11) is 0. The lowest BCUT2D eigenvalue weighted by Gasteiger charge is -2.10. The molecule has 2 rings (SSSR count). The van der Waals surface area contributed by atoms with E-state index in [9.17, 15) is 9.59 Å². The molecule has 0 aliphatic heterocycles. The van der Waals surface area contributed by atoms with Crippen molar-refractivity contribution in [2.24, 2.45) is 0 Å². The van der Waals surface area contributed by atoms with E-state index in [1.807, 2.05) is 0 Å². The summed E-state index contributed by atoms with van der Waals surface area (Å²) in [6.45, 7) is 2.20. The molecule has 21 heavy (non-hydrogen) atoms. The SMILES string of the molecule is CCOc1ncccc1C(=O)NNC(=O)c1ccccc1. The lowest BCUT2D eigenvalue weighted by Crippen LogP contribution is -2.41. The normalized spacial score (nSPS) is 9.76. The molecular weight excluding hydrogens is 270 g/mol. The van der Waals surface area contributed by atoms with Gasteiger partial charge in [0.05, 0.1) is 6.61 Å². The van der Waals surface area contributed by atoms with Gasteiger partial charge in [0, 0.05) is 11.8 Å². The minimum atomic E-state index is -0.490. The molecule has 2 N–H and O–H groups in total. The van der Waals surface area contributed by atoms with Crippen molar-refractivity contribution >= 4 is 11.8 Å². The second-order valence-corrected chi connectivity index (χ2v) is 4.06. The van der Waals surface area contributed by atoms with E-state index in [2.05, 4.69) is 15.8 Å². The van der Waals surface area contributed by atoms with E-state index in [0.717, 1.165) is 0 Å². The van der Waals surface area contributed by atoms with Gasteiger partial charge in [-0.1, -0.05) is 18.2 Å². The fraction of sp³-hybridized carbons (Fsp3) is 0.133. The number of benzene rings is 1. The monoisotopic (exact) mass is 285 g/mol. The smallest absolute Gasteiger partial charge is 0.275 e. The fourth-order valence-corrected chi connectivity index (χ4v) is 1.66. The summed E-state index contributed by atoms with van der Waals surface area (Å²) in [4.78, 5) is 27.8. The Hall–Kier alpha value is -2.89. The van der Waals surface area contributed by atoms with Crippen LogP contribution in [0.3, 0.4) is 0 Å². The third-order valence-corrected chi connectivity index (χ3v) is 2.62. The van der Waals surface area contributed by atoms with E-state index in [0.29, 0.717) is 12.2 Å². The maximum Gasteiger partial charge on any atom is 0.275 e. The zero-order valence-electron chi connectivity index (χ0n) is 11.5. The van der Waals surface area contributed by atoms with E-state index < -0.39 is 11.8 Å². The third-order valence-electron chi connectivity index (χ3n) is 2.62. The van der Waals surface area contributed by atoms with Gasteiger partial charge in [0.1, 0.15) is 5.56 Å². The second kappa shape index (κ2) is 7.04. The van der Waals surface area contributed by atoms with E-state index in [4.69, 9.17) is 4.74 Å². The van der Waals surface area contributed by atoms with Crippen molar-refractivity contribution in [2.75, 3.05) is 6.61 Å². The molecule has 0 saturated carbocycles. The third kappa shape index (κ3) is 3.79. The summed E-state index contributed by atoms with van der Waals surface area (Å²) in [6, 6.07) is 11.8. The highest BCUT2D eigenvalue weighted by Gasteiger charge is 2.14. The highest BCUT2D eigenvalue weighted by atomic mass is 16.5. The Morgan fingerprint density at radius 3 is 2.48 bits per heavy atom. The van der Waals surface area contributed by atoms with E-state index in [1.165, 1.54) is 6.20 Å². The van der Waals surface area contributed by atoms with E-state index in [-0.39, 0.29) is 11.4 Å². The minimum Gasteiger partial charge on any atom is -0.477 e. The first-order valence-corrected chi connectivity index (χ1v) is 6.46. The number of nitrogens with zero attached hydrogens (tertiary/aromatic N) is 1. The number of aromatic nitrogens is 1. The van der Waals surface area contributed by atoms with Crippen molar-refractivity contribution in [1.82, 2.24) is 15.8 Å². The van der Waals surface area contributed by atoms with Gasteiger partial charge < -0.3 is 4.74 Å². The van der Waals surface area contributed by atoms with Crippen LogP contribution in [0.5, 0.6) is 5.88 Å². The molecule has 0 atom stereocenters. The van der Waals surface area contributed by atoms with Gasteiger partial charge in [-0.2, -0.15) is 0 Å². The van der Waals surface area contributed by atoms with Gasteiger partial charge >= 0.3 is 0 Å². The summed E-state index contributed by atoms with van der Waals surface area (Å²) >= 11 is 0. The first-order valence-electron chi connectivity index (χ1n) is 6.46. The zero-order valence-corrected chi connectivity index (χ0v) is 11.5. The van der Waals surface area contributed by atoms with Crippen molar-refractivity contribution in [1.29, 1.82) is 0 Å². The highest BCUT2D eigenvalue weighted by molar-refractivity contribution is 6.00. The molecule has 2 amide bonds. The van der Waals surface area contributed by atoms with Crippen molar-refractivity contribution < 1.29 is 14.3 Å². The van der Waals surface area contributed by atoms with Gasteiger partial charge in [0.15, 0.2) is 0 Å². The molecule has 0 aliphatic rings. The topological polar surface area (TPSA) is 80.3 Å². The number of amides is 2.